The Labute approximate surface area is 202 Å². The number of hydrogen-bond donors (Lipinski definition) is 2. The van der Waals surface area contributed by atoms with Gasteiger partial charge < -0.3 is 9.88 Å². The monoisotopic (exact) mass is 483 g/mol. The lowest BCUT2D eigenvalue weighted by Crippen LogP contribution is -2.12. The zero-order chi connectivity index (χ0) is 24.6. The maximum Gasteiger partial charge on any atom is 0.238 e. The maximum atomic E-state index is 11.7. The Morgan fingerprint density at radius 3 is 2.23 bits per heavy atom. The van der Waals surface area contributed by atoms with Crippen LogP contribution in [-0.4, -0.2) is 28.7 Å². The second-order valence-corrected chi connectivity index (χ2v) is 9.56. The van der Waals surface area contributed by atoms with E-state index in [0.717, 1.165) is 27.9 Å². The van der Waals surface area contributed by atoms with Crippen LogP contribution in [0.5, 0.6) is 0 Å². The smallest absolute Gasteiger partial charge is 0.238 e. The van der Waals surface area contributed by atoms with Gasteiger partial charge in [-0.3, -0.25) is 4.79 Å². The van der Waals surface area contributed by atoms with Crippen molar-refractivity contribution in [2.45, 2.75) is 11.8 Å². The van der Waals surface area contributed by atoms with Crippen molar-refractivity contribution in [3.8, 4) is 16.8 Å². The van der Waals surface area contributed by atoms with Crippen LogP contribution >= 0.6 is 0 Å². The van der Waals surface area contributed by atoms with E-state index in [1.807, 2.05) is 53.2 Å². The zero-order valence-corrected chi connectivity index (χ0v) is 19.5. The van der Waals surface area contributed by atoms with Crippen LogP contribution in [-0.2, 0) is 10.0 Å². The summed E-state index contributed by atoms with van der Waals surface area (Å²) >= 11 is 0. The zero-order valence-electron chi connectivity index (χ0n) is 18.7. The third kappa shape index (κ3) is 4.42. The van der Waals surface area contributed by atoms with E-state index >= 15 is 0 Å². The molecule has 5 aromatic rings. The van der Waals surface area contributed by atoms with Crippen molar-refractivity contribution in [2.24, 2.45) is 5.14 Å². The summed E-state index contributed by atoms with van der Waals surface area (Å²) < 4.78 is 25.2. The standard InChI is InChI=1S/C26H21N5O3S/c1-17(32)18-7-9-20(10-8-18)30-25-24-23(19-5-3-2-4-6-19)15-31(26(24)29-16-28-25)21-11-13-22(14-12-21)35(27,33)34/h2-16H,1H3,(H2,27,33,34)(H,28,29,30). The lowest BCUT2D eigenvalue weighted by molar-refractivity contribution is 0.101. The number of carbonyl (C=O) groups is 1. The SMILES string of the molecule is CC(=O)c1ccc(Nc2ncnc3c2c(-c2ccccc2)cn3-c2ccc(S(N)(=O)=O)cc2)cc1. The summed E-state index contributed by atoms with van der Waals surface area (Å²) in [6.45, 7) is 1.53. The molecule has 174 valence electrons. The molecule has 2 heterocycles. The van der Waals surface area contributed by atoms with Gasteiger partial charge in [-0.25, -0.2) is 23.5 Å². The van der Waals surface area contributed by atoms with E-state index in [1.54, 1.807) is 24.3 Å². The van der Waals surface area contributed by atoms with Gasteiger partial charge in [-0.15, -0.1) is 0 Å². The fourth-order valence-corrected chi connectivity index (χ4v) is 4.43. The van der Waals surface area contributed by atoms with E-state index in [2.05, 4.69) is 15.3 Å². The van der Waals surface area contributed by atoms with Gasteiger partial charge in [0.15, 0.2) is 11.4 Å². The number of nitrogens with two attached hydrogens (primary N) is 1. The molecule has 0 amide bonds. The predicted molar refractivity (Wildman–Crippen MR) is 135 cm³/mol. The molecule has 3 aromatic carbocycles. The quantitative estimate of drug-likeness (QED) is 0.338. The average molecular weight is 484 g/mol. The van der Waals surface area contributed by atoms with E-state index in [0.29, 0.717) is 17.0 Å². The van der Waals surface area contributed by atoms with E-state index in [9.17, 15) is 13.2 Å². The molecule has 0 spiro atoms. The predicted octanol–water partition coefficient (Wildman–Crippen LogP) is 4.68. The third-order valence-corrected chi connectivity index (χ3v) is 6.59. The minimum Gasteiger partial charge on any atom is -0.340 e. The Balaban J connectivity index is 1.67. The highest BCUT2D eigenvalue weighted by Crippen LogP contribution is 2.36. The summed E-state index contributed by atoms with van der Waals surface area (Å²) in [5.74, 6) is 0.599. The van der Waals surface area contributed by atoms with Crippen molar-refractivity contribution >= 4 is 38.3 Å². The van der Waals surface area contributed by atoms with Crippen molar-refractivity contribution in [1.82, 2.24) is 14.5 Å². The van der Waals surface area contributed by atoms with Crippen LogP contribution in [0, 0.1) is 0 Å². The van der Waals surface area contributed by atoms with Crippen molar-refractivity contribution in [3.63, 3.8) is 0 Å². The number of aromatic nitrogens is 3. The van der Waals surface area contributed by atoms with E-state index in [1.165, 1.54) is 25.4 Å². The van der Waals surface area contributed by atoms with Crippen LogP contribution in [0.25, 0.3) is 27.8 Å². The highest BCUT2D eigenvalue weighted by atomic mass is 32.2. The number of fused-ring (bicyclic) bond motifs is 1. The molecule has 0 saturated carbocycles. The van der Waals surface area contributed by atoms with E-state index < -0.39 is 10.0 Å². The van der Waals surface area contributed by atoms with Crippen molar-refractivity contribution in [3.05, 3.63) is 97.0 Å². The molecule has 0 aliphatic carbocycles. The number of anilines is 2. The molecule has 0 unspecified atom stereocenters. The van der Waals surface area contributed by atoms with Gasteiger partial charge in [-0.05, 0) is 61.0 Å². The normalized spacial score (nSPS) is 11.5. The molecule has 2 aromatic heterocycles. The van der Waals surface area contributed by atoms with Gasteiger partial charge in [0.25, 0.3) is 0 Å². The molecule has 0 aliphatic rings. The molecule has 0 bridgehead atoms. The summed E-state index contributed by atoms with van der Waals surface area (Å²) in [5, 5.41) is 9.39. The highest BCUT2D eigenvalue weighted by molar-refractivity contribution is 7.89. The van der Waals surface area contributed by atoms with Crippen molar-refractivity contribution < 1.29 is 13.2 Å². The minimum atomic E-state index is -3.80. The second kappa shape index (κ2) is 8.79. The number of nitrogens with zero attached hydrogens (tertiary/aromatic N) is 3. The average Bonchev–Trinajstić information content (AvgIpc) is 3.25. The fraction of sp³-hybridized carbons (Fsp3) is 0.0385. The van der Waals surface area contributed by atoms with Crippen LogP contribution in [0.3, 0.4) is 0 Å². The Bertz CT molecular complexity index is 1640. The van der Waals surface area contributed by atoms with E-state index in [4.69, 9.17) is 5.14 Å². The molecule has 0 atom stereocenters. The molecule has 0 fully saturated rings. The first-order valence-electron chi connectivity index (χ1n) is 10.7. The third-order valence-electron chi connectivity index (χ3n) is 5.67. The molecule has 8 nitrogen and oxygen atoms in total. The summed E-state index contributed by atoms with van der Waals surface area (Å²) in [5.41, 5.74) is 4.65. The van der Waals surface area contributed by atoms with Gasteiger partial charge in [0.2, 0.25) is 10.0 Å². The Kier molecular flexibility index (Phi) is 5.64. The lowest BCUT2D eigenvalue weighted by Gasteiger charge is -2.09. The molecule has 0 radical (unpaired) electrons. The number of hydrogen-bond acceptors (Lipinski definition) is 6. The number of benzene rings is 3. The number of nitrogens with one attached hydrogen (secondary N) is 1. The van der Waals surface area contributed by atoms with Crippen LogP contribution in [0.15, 0.2) is 96.3 Å². The number of primary sulfonamides is 1. The van der Waals surface area contributed by atoms with Gasteiger partial charge in [0, 0.05) is 28.7 Å². The fourth-order valence-electron chi connectivity index (χ4n) is 3.91. The molecule has 9 heteroatoms. The van der Waals surface area contributed by atoms with Gasteiger partial charge in [0.1, 0.15) is 12.1 Å². The Morgan fingerprint density at radius 2 is 1.60 bits per heavy atom. The topological polar surface area (TPSA) is 120 Å². The van der Waals surface area contributed by atoms with Gasteiger partial charge in [-0.2, -0.15) is 0 Å². The lowest BCUT2D eigenvalue weighted by atomic mass is 10.1. The van der Waals surface area contributed by atoms with Gasteiger partial charge in [0.05, 0.1) is 10.3 Å². The molecule has 5 rings (SSSR count). The van der Waals surface area contributed by atoms with Gasteiger partial charge in [-0.1, -0.05) is 30.3 Å². The first kappa shape index (κ1) is 22.5. The van der Waals surface area contributed by atoms with Crippen molar-refractivity contribution in [1.29, 1.82) is 0 Å². The van der Waals surface area contributed by atoms with Crippen LogP contribution in [0.1, 0.15) is 17.3 Å². The summed E-state index contributed by atoms with van der Waals surface area (Å²) in [6.07, 6.45) is 3.42. The number of sulfonamides is 1. The summed E-state index contributed by atoms with van der Waals surface area (Å²) in [6, 6.07) is 23.3. The minimum absolute atomic E-state index is 0.00197. The van der Waals surface area contributed by atoms with Crippen LogP contribution in [0.4, 0.5) is 11.5 Å². The first-order valence-corrected chi connectivity index (χ1v) is 12.3. The molecular weight excluding hydrogens is 462 g/mol. The molecular formula is C26H21N5O3S. The number of ketones is 1. The Morgan fingerprint density at radius 1 is 0.914 bits per heavy atom. The summed E-state index contributed by atoms with van der Waals surface area (Å²) in [4.78, 5) is 20.7. The number of Topliss-reactive ketones (excluding diaryl/α,β-unsaturated/α-hetero) is 1. The first-order chi connectivity index (χ1) is 16.8. The largest absolute Gasteiger partial charge is 0.340 e. The highest BCUT2D eigenvalue weighted by Gasteiger charge is 2.18. The van der Waals surface area contributed by atoms with Crippen molar-refractivity contribution in [2.75, 3.05) is 5.32 Å². The van der Waals surface area contributed by atoms with Crippen LogP contribution < -0.4 is 10.5 Å². The second-order valence-electron chi connectivity index (χ2n) is 8.00. The maximum absolute atomic E-state index is 11.7. The van der Waals surface area contributed by atoms with E-state index in [-0.39, 0.29) is 10.7 Å². The number of carbonyl (C=O) groups excluding carboxylic acids is 1. The molecule has 0 aliphatic heterocycles. The molecule has 0 saturated heterocycles. The Hall–Kier alpha value is -4.34. The van der Waals surface area contributed by atoms with Gasteiger partial charge >= 0.3 is 0 Å². The molecule has 3 N–H and O–H groups in total. The molecule has 35 heavy (non-hydrogen) atoms. The summed E-state index contributed by atoms with van der Waals surface area (Å²) in [7, 11) is -3.80. The number of rotatable bonds is 6. The van der Waals surface area contributed by atoms with Crippen LogP contribution in [0.2, 0.25) is 0 Å².